The van der Waals surface area contributed by atoms with Crippen LogP contribution in [0.3, 0.4) is 0 Å². The number of fused-ring (bicyclic) bond motifs is 2. The van der Waals surface area contributed by atoms with Gasteiger partial charge in [-0.1, -0.05) is 42.5 Å². The number of nitrogens with zero attached hydrogens (tertiary/aromatic N) is 1. The maximum Gasteiger partial charge on any atom is 0.224 e. The van der Waals surface area contributed by atoms with E-state index < -0.39 is 0 Å². The zero-order valence-corrected chi connectivity index (χ0v) is 12.9. The number of carbonyl (C=O) groups excluding carboxylic acids is 2. The molecule has 0 saturated heterocycles. The lowest BCUT2D eigenvalue weighted by Crippen LogP contribution is -2.51. The van der Waals surface area contributed by atoms with E-state index in [4.69, 9.17) is 0 Å². The molecule has 23 heavy (non-hydrogen) atoms. The third kappa shape index (κ3) is 2.13. The third-order valence-electron chi connectivity index (χ3n) is 4.85. The summed E-state index contributed by atoms with van der Waals surface area (Å²) in [7, 11) is 0. The molecule has 4 heteroatoms. The summed E-state index contributed by atoms with van der Waals surface area (Å²) in [5, 5.41) is 3.51. The Bertz CT molecular complexity index is 772. The number of ketones is 1. The second-order valence-electron chi connectivity index (χ2n) is 6.20. The summed E-state index contributed by atoms with van der Waals surface area (Å²) in [5.41, 5.74) is 2.79. The first-order valence-electron chi connectivity index (χ1n) is 7.90. The van der Waals surface area contributed by atoms with Gasteiger partial charge in [0.15, 0.2) is 0 Å². The molecule has 4 nitrogen and oxygen atoms in total. The van der Waals surface area contributed by atoms with Gasteiger partial charge in [-0.2, -0.15) is 0 Å². The first-order chi connectivity index (χ1) is 11.2. The number of benzene rings is 2. The number of para-hydroxylation sites is 2. The predicted molar refractivity (Wildman–Crippen MR) is 89.6 cm³/mol. The van der Waals surface area contributed by atoms with Crippen LogP contribution in [0.1, 0.15) is 24.8 Å². The summed E-state index contributed by atoms with van der Waals surface area (Å²) in [4.78, 5) is 26.7. The molecule has 0 radical (unpaired) electrons. The van der Waals surface area contributed by atoms with Crippen molar-refractivity contribution in [2.75, 3.05) is 10.2 Å². The molecule has 2 aromatic carbocycles. The number of rotatable bonds is 1. The van der Waals surface area contributed by atoms with Crippen molar-refractivity contribution >= 4 is 23.1 Å². The minimum absolute atomic E-state index is 0.0181. The lowest BCUT2D eigenvalue weighted by molar-refractivity contribution is -0.118. The molecule has 116 valence electrons. The molecule has 1 amide bonds. The van der Waals surface area contributed by atoms with Crippen LogP contribution in [0.5, 0.6) is 0 Å². The van der Waals surface area contributed by atoms with E-state index in [0.29, 0.717) is 6.42 Å². The Labute approximate surface area is 135 Å². The van der Waals surface area contributed by atoms with Crippen LogP contribution in [0.25, 0.3) is 0 Å². The molecule has 2 aliphatic rings. The third-order valence-corrected chi connectivity index (χ3v) is 4.85. The summed E-state index contributed by atoms with van der Waals surface area (Å²) >= 11 is 0. The van der Waals surface area contributed by atoms with Crippen LogP contribution in [0.15, 0.2) is 54.6 Å². The van der Waals surface area contributed by atoms with Crippen LogP contribution in [0.4, 0.5) is 11.4 Å². The van der Waals surface area contributed by atoms with E-state index in [9.17, 15) is 9.59 Å². The fourth-order valence-corrected chi connectivity index (χ4v) is 3.93. The van der Waals surface area contributed by atoms with Crippen molar-refractivity contribution in [1.29, 1.82) is 0 Å². The summed E-state index contributed by atoms with van der Waals surface area (Å²) in [5.74, 6) is -0.0374. The fourth-order valence-electron chi connectivity index (χ4n) is 3.93. The minimum atomic E-state index is -0.212. The van der Waals surface area contributed by atoms with Gasteiger partial charge < -0.3 is 10.2 Å². The highest BCUT2D eigenvalue weighted by atomic mass is 16.2. The molecule has 1 fully saturated rings. The number of carbonyl (C=O) groups is 2. The number of amides is 1. The van der Waals surface area contributed by atoms with Gasteiger partial charge in [0.05, 0.1) is 29.4 Å². The fraction of sp³-hybridized carbons (Fsp3) is 0.263. The summed E-state index contributed by atoms with van der Waals surface area (Å²) in [6.07, 6.45) is 0.394. The molecule has 0 spiro atoms. The average Bonchev–Trinajstić information content (AvgIpc) is 2.88. The maximum atomic E-state index is 12.7. The number of anilines is 2. The number of hydrogen-bond donors (Lipinski definition) is 1. The van der Waals surface area contributed by atoms with Crippen molar-refractivity contribution < 1.29 is 9.59 Å². The van der Waals surface area contributed by atoms with Gasteiger partial charge in [0.2, 0.25) is 5.91 Å². The molecule has 0 bridgehead atoms. The second-order valence-corrected chi connectivity index (χ2v) is 6.20. The Morgan fingerprint density at radius 1 is 1.09 bits per heavy atom. The molecular formula is C19H18N2O2. The van der Waals surface area contributed by atoms with Crippen LogP contribution in [0, 0.1) is 0 Å². The lowest BCUT2D eigenvalue weighted by Gasteiger charge is -2.40. The highest BCUT2D eigenvalue weighted by Crippen LogP contribution is 2.44. The van der Waals surface area contributed by atoms with Gasteiger partial charge >= 0.3 is 0 Å². The predicted octanol–water partition coefficient (Wildman–Crippen LogP) is 2.96. The van der Waals surface area contributed by atoms with Gasteiger partial charge in [-0.05, 0) is 17.7 Å². The van der Waals surface area contributed by atoms with E-state index in [0.717, 1.165) is 16.9 Å². The van der Waals surface area contributed by atoms with Crippen molar-refractivity contribution in [1.82, 2.24) is 0 Å². The van der Waals surface area contributed by atoms with E-state index in [1.165, 1.54) is 0 Å². The SMILES string of the molecule is CC(=O)N1c2ccccc2NC2C(c3ccccc3)C(=O)CC21. The Morgan fingerprint density at radius 2 is 1.78 bits per heavy atom. The molecule has 3 atom stereocenters. The second kappa shape index (κ2) is 5.23. The first kappa shape index (κ1) is 14.0. The number of Topliss-reactive ketones (excluding diaryl/α,β-unsaturated/α-hetero) is 1. The smallest absolute Gasteiger partial charge is 0.224 e. The monoisotopic (exact) mass is 306 g/mol. The standard InChI is InChI=1S/C19H18N2O2/c1-12(22)21-15-10-6-5-9-14(15)20-19-16(21)11-17(23)18(19)13-7-3-2-4-8-13/h2-10,16,18-20H,11H2,1H3. The van der Waals surface area contributed by atoms with Crippen molar-refractivity contribution in [3.63, 3.8) is 0 Å². The van der Waals surface area contributed by atoms with Crippen LogP contribution in [-0.2, 0) is 9.59 Å². The van der Waals surface area contributed by atoms with E-state index >= 15 is 0 Å². The van der Waals surface area contributed by atoms with E-state index in [1.807, 2.05) is 54.6 Å². The van der Waals surface area contributed by atoms with Crippen molar-refractivity contribution in [3.05, 3.63) is 60.2 Å². The molecule has 1 aliphatic heterocycles. The number of nitrogens with one attached hydrogen (secondary N) is 1. The lowest BCUT2D eigenvalue weighted by atomic mass is 9.90. The van der Waals surface area contributed by atoms with E-state index in [-0.39, 0.29) is 29.7 Å². The van der Waals surface area contributed by atoms with Gasteiger partial charge in [0.25, 0.3) is 0 Å². The highest BCUT2D eigenvalue weighted by Gasteiger charge is 2.49. The Balaban J connectivity index is 1.81. The normalized spacial score (nSPS) is 25.5. The molecule has 3 unspecified atom stereocenters. The topological polar surface area (TPSA) is 49.4 Å². The number of hydrogen-bond acceptors (Lipinski definition) is 3. The molecule has 4 rings (SSSR count). The Kier molecular flexibility index (Phi) is 3.18. The summed E-state index contributed by atoms with van der Waals surface area (Å²) in [6, 6.07) is 17.4. The molecular weight excluding hydrogens is 288 g/mol. The Morgan fingerprint density at radius 3 is 2.52 bits per heavy atom. The van der Waals surface area contributed by atoms with Crippen LogP contribution in [-0.4, -0.2) is 23.8 Å². The summed E-state index contributed by atoms with van der Waals surface area (Å²) in [6.45, 7) is 1.57. The minimum Gasteiger partial charge on any atom is -0.377 e. The molecule has 1 aliphatic carbocycles. The molecule has 1 saturated carbocycles. The first-order valence-corrected chi connectivity index (χ1v) is 7.90. The zero-order valence-electron chi connectivity index (χ0n) is 12.9. The maximum absolute atomic E-state index is 12.7. The highest BCUT2D eigenvalue weighted by molar-refractivity contribution is 6.01. The van der Waals surface area contributed by atoms with Gasteiger partial charge in [0.1, 0.15) is 5.78 Å². The van der Waals surface area contributed by atoms with Crippen molar-refractivity contribution in [2.24, 2.45) is 0 Å². The van der Waals surface area contributed by atoms with Gasteiger partial charge in [0, 0.05) is 13.3 Å². The van der Waals surface area contributed by atoms with Crippen LogP contribution < -0.4 is 10.2 Å². The van der Waals surface area contributed by atoms with Crippen LogP contribution in [0.2, 0.25) is 0 Å². The summed E-state index contributed by atoms with van der Waals surface area (Å²) < 4.78 is 0. The largest absolute Gasteiger partial charge is 0.377 e. The quantitative estimate of drug-likeness (QED) is 0.881. The van der Waals surface area contributed by atoms with Crippen LogP contribution >= 0.6 is 0 Å². The van der Waals surface area contributed by atoms with Crippen molar-refractivity contribution in [2.45, 2.75) is 31.3 Å². The van der Waals surface area contributed by atoms with E-state index in [2.05, 4.69) is 5.32 Å². The Hall–Kier alpha value is -2.62. The van der Waals surface area contributed by atoms with Gasteiger partial charge in [-0.3, -0.25) is 9.59 Å². The van der Waals surface area contributed by atoms with Gasteiger partial charge in [-0.15, -0.1) is 0 Å². The molecule has 1 N–H and O–H groups in total. The zero-order chi connectivity index (χ0) is 16.0. The van der Waals surface area contributed by atoms with Crippen molar-refractivity contribution in [3.8, 4) is 0 Å². The molecule has 1 heterocycles. The average molecular weight is 306 g/mol. The molecule has 2 aromatic rings. The molecule has 0 aromatic heterocycles. The van der Waals surface area contributed by atoms with E-state index in [1.54, 1.807) is 11.8 Å². The van der Waals surface area contributed by atoms with Gasteiger partial charge in [-0.25, -0.2) is 0 Å².